The molecular weight excluding hydrogens is 286 g/mol. The third-order valence-electron chi connectivity index (χ3n) is 3.02. The van der Waals surface area contributed by atoms with Crippen molar-refractivity contribution in [2.24, 2.45) is 5.92 Å². The minimum atomic E-state index is -1.04. The summed E-state index contributed by atoms with van der Waals surface area (Å²) in [5.41, 5.74) is 2.55. The Labute approximate surface area is 127 Å². The van der Waals surface area contributed by atoms with E-state index in [1.807, 2.05) is 12.1 Å². The molecule has 0 fully saturated rings. The monoisotopic (exact) mass is 303 g/mol. The number of aromatic carboxylic acids is 1. The average Bonchev–Trinajstić information content (AvgIpc) is 2.83. The van der Waals surface area contributed by atoms with Gasteiger partial charge in [0.05, 0.1) is 5.69 Å². The Bertz CT molecular complexity index is 644. The summed E-state index contributed by atoms with van der Waals surface area (Å²) in [5, 5.41) is 11.6. The van der Waals surface area contributed by atoms with Crippen molar-refractivity contribution in [1.29, 1.82) is 0 Å². The van der Waals surface area contributed by atoms with Crippen molar-refractivity contribution in [1.82, 2.24) is 0 Å². The van der Waals surface area contributed by atoms with E-state index >= 15 is 0 Å². The highest BCUT2D eigenvalue weighted by Gasteiger charge is 2.16. The van der Waals surface area contributed by atoms with Crippen LogP contribution in [-0.2, 0) is 11.2 Å². The maximum absolute atomic E-state index is 11.2. The minimum Gasteiger partial charge on any atom is -0.477 e. The van der Waals surface area contributed by atoms with E-state index in [9.17, 15) is 9.59 Å². The molecule has 0 aliphatic heterocycles. The molecule has 110 valence electrons. The summed E-state index contributed by atoms with van der Waals surface area (Å²) in [7, 11) is 0. The molecule has 0 spiro atoms. The van der Waals surface area contributed by atoms with E-state index in [1.54, 1.807) is 6.07 Å². The van der Waals surface area contributed by atoms with Crippen LogP contribution >= 0.6 is 11.3 Å². The second-order valence-electron chi connectivity index (χ2n) is 5.22. The first kappa shape index (κ1) is 15.3. The highest BCUT2D eigenvalue weighted by atomic mass is 32.1. The largest absolute Gasteiger partial charge is 0.477 e. The molecule has 1 aromatic carbocycles. The molecule has 21 heavy (non-hydrogen) atoms. The van der Waals surface area contributed by atoms with E-state index in [2.05, 4.69) is 31.3 Å². The summed E-state index contributed by atoms with van der Waals surface area (Å²) >= 11 is 1.16. The summed E-state index contributed by atoms with van der Waals surface area (Å²) in [6.07, 6.45) is 1.51. The summed E-state index contributed by atoms with van der Waals surface area (Å²) in [5.74, 6) is -0.438. The number of hydrogen-bond acceptors (Lipinski definition) is 3. The van der Waals surface area contributed by atoms with Crippen molar-refractivity contribution in [3.8, 4) is 10.4 Å². The molecule has 4 nitrogen and oxygen atoms in total. The fraction of sp³-hybridized carbons (Fsp3) is 0.250. The molecule has 2 N–H and O–H groups in total. The van der Waals surface area contributed by atoms with Crippen LogP contribution in [0.25, 0.3) is 10.4 Å². The average molecular weight is 303 g/mol. The third-order valence-corrected chi connectivity index (χ3v) is 4.20. The number of carbonyl (C=O) groups excluding carboxylic acids is 1. The predicted molar refractivity (Wildman–Crippen MR) is 84.9 cm³/mol. The highest BCUT2D eigenvalue weighted by Crippen LogP contribution is 2.34. The Morgan fingerprint density at radius 3 is 2.52 bits per heavy atom. The van der Waals surface area contributed by atoms with Gasteiger partial charge in [-0.1, -0.05) is 38.1 Å². The van der Waals surface area contributed by atoms with Crippen molar-refractivity contribution in [3.63, 3.8) is 0 Å². The summed E-state index contributed by atoms with van der Waals surface area (Å²) < 4.78 is 0. The number of carbonyl (C=O) groups is 2. The molecule has 0 aliphatic carbocycles. The number of anilines is 1. The van der Waals surface area contributed by atoms with Crippen LogP contribution in [0.5, 0.6) is 0 Å². The van der Waals surface area contributed by atoms with Gasteiger partial charge in [0.2, 0.25) is 6.41 Å². The lowest BCUT2D eigenvalue weighted by molar-refractivity contribution is -0.105. The zero-order valence-electron chi connectivity index (χ0n) is 11.9. The van der Waals surface area contributed by atoms with Gasteiger partial charge in [0.15, 0.2) is 0 Å². The van der Waals surface area contributed by atoms with Crippen LogP contribution < -0.4 is 5.32 Å². The molecule has 0 saturated carbocycles. The van der Waals surface area contributed by atoms with Gasteiger partial charge in [-0.25, -0.2) is 4.79 Å². The third kappa shape index (κ3) is 3.70. The fourth-order valence-corrected chi connectivity index (χ4v) is 3.11. The van der Waals surface area contributed by atoms with Gasteiger partial charge in [-0.05, 0) is 29.5 Å². The lowest BCUT2D eigenvalue weighted by atomic mass is 10.0. The molecule has 5 heteroatoms. The molecule has 2 aromatic rings. The molecule has 1 aromatic heterocycles. The normalized spacial score (nSPS) is 10.6. The lowest BCUT2D eigenvalue weighted by Crippen LogP contribution is -2.00. The van der Waals surface area contributed by atoms with Crippen molar-refractivity contribution in [3.05, 3.63) is 40.8 Å². The molecule has 0 radical (unpaired) electrons. The van der Waals surface area contributed by atoms with Crippen molar-refractivity contribution in [2.45, 2.75) is 20.3 Å². The van der Waals surface area contributed by atoms with Gasteiger partial charge in [-0.15, -0.1) is 11.3 Å². The van der Waals surface area contributed by atoms with Crippen molar-refractivity contribution < 1.29 is 14.7 Å². The second-order valence-corrected chi connectivity index (χ2v) is 6.27. The summed E-state index contributed by atoms with van der Waals surface area (Å²) in [6, 6.07) is 9.78. The minimum absolute atomic E-state index is 0.142. The van der Waals surface area contributed by atoms with Gasteiger partial charge in [-0.2, -0.15) is 0 Å². The van der Waals surface area contributed by atoms with Crippen LogP contribution in [0.4, 0.5) is 5.69 Å². The van der Waals surface area contributed by atoms with Crippen LogP contribution in [-0.4, -0.2) is 17.5 Å². The number of hydrogen-bond donors (Lipinski definition) is 2. The smallest absolute Gasteiger partial charge is 0.348 e. The quantitative estimate of drug-likeness (QED) is 0.796. The number of amides is 1. The van der Waals surface area contributed by atoms with E-state index in [-0.39, 0.29) is 4.88 Å². The molecular formula is C16H17NO3S. The zero-order valence-corrected chi connectivity index (χ0v) is 12.7. The molecule has 0 atom stereocenters. The Balaban J connectivity index is 2.31. The maximum Gasteiger partial charge on any atom is 0.348 e. The summed E-state index contributed by atoms with van der Waals surface area (Å²) in [4.78, 5) is 22.7. The molecule has 0 bridgehead atoms. The summed E-state index contributed by atoms with van der Waals surface area (Å²) in [6.45, 7) is 4.34. The zero-order chi connectivity index (χ0) is 15.4. The number of nitrogens with one attached hydrogen (secondary N) is 1. The number of thiophene rings is 1. The Hall–Kier alpha value is -2.14. The van der Waals surface area contributed by atoms with E-state index in [0.717, 1.165) is 28.2 Å². The molecule has 1 amide bonds. The van der Waals surface area contributed by atoms with Crippen LogP contribution in [0.1, 0.15) is 29.1 Å². The standard InChI is InChI=1S/C16H17NO3S/c1-10(2)7-11-3-5-12(6-4-11)14-8-13(17-9-18)15(21-14)16(19)20/h3-6,8-10H,7H2,1-2H3,(H,17,18)(H,19,20). The van der Waals surface area contributed by atoms with Gasteiger partial charge in [0, 0.05) is 4.88 Å². The topological polar surface area (TPSA) is 66.4 Å². The van der Waals surface area contributed by atoms with E-state index in [0.29, 0.717) is 18.0 Å². The van der Waals surface area contributed by atoms with E-state index in [1.165, 1.54) is 5.56 Å². The number of rotatable bonds is 6. The van der Waals surface area contributed by atoms with Crippen molar-refractivity contribution in [2.75, 3.05) is 5.32 Å². The van der Waals surface area contributed by atoms with Crippen LogP contribution in [0, 0.1) is 5.92 Å². The van der Waals surface area contributed by atoms with Gasteiger partial charge in [-0.3, -0.25) is 4.79 Å². The molecule has 0 saturated heterocycles. The molecule has 1 heterocycles. The Morgan fingerprint density at radius 2 is 2.00 bits per heavy atom. The van der Waals surface area contributed by atoms with Crippen LogP contribution in [0.3, 0.4) is 0 Å². The molecule has 2 rings (SSSR count). The first-order valence-corrected chi connectivity index (χ1v) is 7.49. The van der Waals surface area contributed by atoms with E-state index < -0.39 is 5.97 Å². The SMILES string of the molecule is CC(C)Cc1ccc(-c2cc(NC=O)c(C(=O)O)s2)cc1. The van der Waals surface area contributed by atoms with Gasteiger partial charge in [0.1, 0.15) is 4.88 Å². The Morgan fingerprint density at radius 1 is 1.33 bits per heavy atom. The number of carboxylic acid groups (broad SMARTS) is 1. The fourth-order valence-electron chi connectivity index (χ4n) is 2.14. The molecule has 0 unspecified atom stereocenters. The number of benzene rings is 1. The van der Waals surface area contributed by atoms with Gasteiger partial charge >= 0.3 is 5.97 Å². The molecule has 0 aliphatic rings. The lowest BCUT2D eigenvalue weighted by Gasteiger charge is -2.05. The first-order chi connectivity index (χ1) is 10.0. The number of carboxylic acids is 1. The maximum atomic E-state index is 11.2. The Kier molecular flexibility index (Phi) is 4.75. The first-order valence-electron chi connectivity index (χ1n) is 6.68. The van der Waals surface area contributed by atoms with E-state index in [4.69, 9.17) is 5.11 Å². The van der Waals surface area contributed by atoms with Crippen LogP contribution in [0.15, 0.2) is 30.3 Å². The second kappa shape index (κ2) is 6.54. The predicted octanol–water partition coefficient (Wildman–Crippen LogP) is 3.88. The van der Waals surface area contributed by atoms with Crippen molar-refractivity contribution >= 4 is 29.4 Å². The van der Waals surface area contributed by atoms with Gasteiger partial charge in [0.25, 0.3) is 0 Å². The van der Waals surface area contributed by atoms with Crippen LogP contribution in [0.2, 0.25) is 0 Å². The highest BCUT2D eigenvalue weighted by molar-refractivity contribution is 7.18. The van der Waals surface area contributed by atoms with Gasteiger partial charge < -0.3 is 10.4 Å².